The highest BCUT2D eigenvalue weighted by molar-refractivity contribution is 5.21. The number of ether oxygens (including phenoxy) is 1. The lowest BCUT2D eigenvalue weighted by Crippen LogP contribution is -2.15. The highest BCUT2D eigenvalue weighted by Crippen LogP contribution is 2.20. The summed E-state index contributed by atoms with van der Waals surface area (Å²) in [7, 11) is 0. The van der Waals surface area contributed by atoms with Crippen LogP contribution in [0.4, 0.5) is 0 Å². The van der Waals surface area contributed by atoms with Gasteiger partial charge in [0.15, 0.2) is 0 Å². The average Bonchev–Trinajstić information content (AvgIpc) is 2.84. The zero-order chi connectivity index (χ0) is 11.9. The van der Waals surface area contributed by atoms with Crippen molar-refractivity contribution in [2.45, 2.75) is 38.6 Å². The Labute approximate surface area is 102 Å². The van der Waals surface area contributed by atoms with Crippen molar-refractivity contribution in [1.82, 2.24) is 9.78 Å². The summed E-state index contributed by atoms with van der Waals surface area (Å²) >= 11 is 0. The zero-order valence-corrected chi connectivity index (χ0v) is 10.1. The number of nitrogens with zero attached hydrogens (tertiary/aromatic N) is 3. The maximum absolute atomic E-state index is 8.68. The molecule has 0 amide bonds. The minimum absolute atomic E-state index is 0.648. The molecular formula is C13H19N3O. The minimum Gasteiger partial charge on any atom is -0.381 e. The monoisotopic (exact) mass is 233 g/mol. The first-order valence-corrected chi connectivity index (χ1v) is 6.39. The fraction of sp³-hybridized carbons (Fsp3) is 0.692. The van der Waals surface area contributed by atoms with Crippen molar-refractivity contribution < 1.29 is 4.74 Å². The molecule has 0 bridgehead atoms. The third-order valence-corrected chi connectivity index (χ3v) is 3.35. The van der Waals surface area contributed by atoms with Gasteiger partial charge in [-0.3, -0.25) is 4.68 Å². The summed E-state index contributed by atoms with van der Waals surface area (Å²) in [5.74, 6) is 0.857. The molecule has 1 fully saturated rings. The Hall–Kier alpha value is -1.34. The van der Waals surface area contributed by atoms with E-state index in [0.29, 0.717) is 5.56 Å². The predicted octanol–water partition coefficient (Wildman–Crippen LogP) is 2.35. The molecule has 4 nitrogen and oxygen atoms in total. The molecule has 1 saturated heterocycles. The van der Waals surface area contributed by atoms with Crippen LogP contribution in [-0.2, 0) is 11.3 Å². The molecular weight excluding hydrogens is 214 g/mol. The SMILES string of the molecule is N#Cc1cnn(CCCCC2CCOCC2)c1. The maximum Gasteiger partial charge on any atom is 0.102 e. The largest absolute Gasteiger partial charge is 0.381 e. The molecule has 1 aliphatic heterocycles. The van der Waals surface area contributed by atoms with Gasteiger partial charge in [0, 0.05) is 26.0 Å². The van der Waals surface area contributed by atoms with E-state index in [1.54, 1.807) is 6.20 Å². The molecule has 1 aromatic rings. The summed E-state index contributed by atoms with van der Waals surface area (Å²) in [6.07, 6.45) is 9.57. The normalized spacial score (nSPS) is 16.9. The standard InChI is InChI=1S/C13H19N3O/c14-9-13-10-15-16(11-13)6-2-1-3-12-4-7-17-8-5-12/h10-12H,1-8H2. The molecule has 0 aromatic carbocycles. The summed E-state index contributed by atoms with van der Waals surface area (Å²) in [5.41, 5.74) is 0.648. The first-order chi connectivity index (χ1) is 8.38. The zero-order valence-electron chi connectivity index (χ0n) is 10.1. The molecule has 2 rings (SSSR count). The number of hydrogen-bond donors (Lipinski definition) is 0. The Balaban J connectivity index is 1.61. The third-order valence-electron chi connectivity index (χ3n) is 3.35. The summed E-state index contributed by atoms with van der Waals surface area (Å²) < 4.78 is 7.21. The average molecular weight is 233 g/mol. The maximum atomic E-state index is 8.68. The van der Waals surface area contributed by atoms with Crippen LogP contribution in [0.2, 0.25) is 0 Å². The van der Waals surface area contributed by atoms with Crippen LogP contribution in [0.5, 0.6) is 0 Å². The van der Waals surface area contributed by atoms with E-state index in [1.165, 1.54) is 25.7 Å². The van der Waals surface area contributed by atoms with Gasteiger partial charge in [-0.15, -0.1) is 0 Å². The van der Waals surface area contributed by atoms with Gasteiger partial charge in [0.1, 0.15) is 6.07 Å². The van der Waals surface area contributed by atoms with Crippen LogP contribution in [0.25, 0.3) is 0 Å². The van der Waals surface area contributed by atoms with E-state index in [0.717, 1.165) is 32.1 Å². The Kier molecular flexibility index (Phi) is 4.57. The number of unbranched alkanes of at least 4 members (excludes halogenated alkanes) is 1. The molecule has 0 atom stereocenters. The van der Waals surface area contributed by atoms with E-state index in [-0.39, 0.29) is 0 Å². The van der Waals surface area contributed by atoms with Crippen LogP contribution in [0.1, 0.15) is 37.7 Å². The molecule has 92 valence electrons. The molecule has 0 spiro atoms. The van der Waals surface area contributed by atoms with Gasteiger partial charge in [0.2, 0.25) is 0 Å². The van der Waals surface area contributed by atoms with Crippen LogP contribution < -0.4 is 0 Å². The minimum atomic E-state index is 0.648. The Bertz CT molecular complexity index is 374. The van der Waals surface area contributed by atoms with Gasteiger partial charge in [0.25, 0.3) is 0 Å². The van der Waals surface area contributed by atoms with Gasteiger partial charge in [-0.05, 0) is 25.2 Å². The van der Waals surface area contributed by atoms with Gasteiger partial charge in [-0.25, -0.2) is 0 Å². The topological polar surface area (TPSA) is 50.8 Å². The van der Waals surface area contributed by atoms with Gasteiger partial charge in [-0.1, -0.05) is 12.8 Å². The molecule has 1 aliphatic rings. The van der Waals surface area contributed by atoms with Crippen molar-refractivity contribution >= 4 is 0 Å². The second-order valence-corrected chi connectivity index (χ2v) is 4.66. The Morgan fingerprint density at radius 1 is 1.41 bits per heavy atom. The first-order valence-electron chi connectivity index (χ1n) is 6.39. The van der Waals surface area contributed by atoms with Crippen molar-refractivity contribution in [1.29, 1.82) is 5.26 Å². The number of nitriles is 1. The fourth-order valence-corrected chi connectivity index (χ4v) is 2.29. The smallest absolute Gasteiger partial charge is 0.102 e. The van der Waals surface area contributed by atoms with Gasteiger partial charge < -0.3 is 4.74 Å². The molecule has 2 heterocycles. The lowest BCUT2D eigenvalue weighted by Gasteiger charge is -2.21. The second kappa shape index (κ2) is 6.41. The summed E-state index contributed by atoms with van der Waals surface area (Å²) in [5, 5.41) is 12.8. The quantitative estimate of drug-likeness (QED) is 0.733. The van der Waals surface area contributed by atoms with Crippen LogP contribution in [0, 0.1) is 17.2 Å². The molecule has 17 heavy (non-hydrogen) atoms. The van der Waals surface area contributed by atoms with Crippen molar-refractivity contribution in [3.8, 4) is 6.07 Å². The molecule has 1 aromatic heterocycles. The van der Waals surface area contributed by atoms with Crippen molar-refractivity contribution in [3.63, 3.8) is 0 Å². The molecule has 0 saturated carbocycles. The molecule has 4 heteroatoms. The van der Waals surface area contributed by atoms with Crippen LogP contribution in [0.3, 0.4) is 0 Å². The van der Waals surface area contributed by atoms with Gasteiger partial charge >= 0.3 is 0 Å². The molecule has 0 aliphatic carbocycles. The highest BCUT2D eigenvalue weighted by atomic mass is 16.5. The van der Waals surface area contributed by atoms with E-state index in [9.17, 15) is 0 Å². The highest BCUT2D eigenvalue weighted by Gasteiger charge is 2.12. The Morgan fingerprint density at radius 3 is 2.94 bits per heavy atom. The first kappa shape index (κ1) is 12.1. The number of hydrogen-bond acceptors (Lipinski definition) is 3. The lowest BCUT2D eigenvalue weighted by molar-refractivity contribution is 0.0630. The fourth-order valence-electron chi connectivity index (χ4n) is 2.29. The second-order valence-electron chi connectivity index (χ2n) is 4.66. The molecule has 0 unspecified atom stereocenters. The van der Waals surface area contributed by atoms with Crippen molar-refractivity contribution in [2.24, 2.45) is 5.92 Å². The van der Waals surface area contributed by atoms with Crippen molar-refractivity contribution in [2.75, 3.05) is 13.2 Å². The van der Waals surface area contributed by atoms with E-state index in [1.807, 2.05) is 10.9 Å². The number of aromatic nitrogens is 2. The van der Waals surface area contributed by atoms with E-state index >= 15 is 0 Å². The van der Waals surface area contributed by atoms with Crippen molar-refractivity contribution in [3.05, 3.63) is 18.0 Å². The Morgan fingerprint density at radius 2 is 2.24 bits per heavy atom. The van der Waals surface area contributed by atoms with Gasteiger partial charge in [-0.2, -0.15) is 10.4 Å². The number of aryl methyl sites for hydroxylation is 1. The summed E-state index contributed by atoms with van der Waals surface area (Å²) in [4.78, 5) is 0. The van der Waals surface area contributed by atoms with E-state index in [4.69, 9.17) is 10.00 Å². The van der Waals surface area contributed by atoms with Crippen LogP contribution >= 0.6 is 0 Å². The van der Waals surface area contributed by atoms with E-state index < -0.39 is 0 Å². The molecule has 0 N–H and O–H groups in total. The summed E-state index contributed by atoms with van der Waals surface area (Å²) in [6, 6.07) is 2.09. The predicted molar refractivity (Wildman–Crippen MR) is 64.3 cm³/mol. The summed E-state index contributed by atoms with van der Waals surface area (Å²) in [6.45, 7) is 2.80. The third kappa shape index (κ3) is 3.86. The van der Waals surface area contributed by atoms with E-state index in [2.05, 4.69) is 11.2 Å². The molecule has 0 radical (unpaired) electrons. The van der Waals surface area contributed by atoms with Gasteiger partial charge in [0.05, 0.1) is 11.8 Å². The number of rotatable bonds is 5. The van der Waals surface area contributed by atoms with Crippen LogP contribution in [-0.4, -0.2) is 23.0 Å². The van der Waals surface area contributed by atoms with Crippen LogP contribution in [0.15, 0.2) is 12.4 Å². The lowest BCUT2D eigenvalue weighted by atomic mass is 9.94.